The van der Waals surface area contributed by atoms with Crippen LogP contribution in [-0.4, -0.2) is 17.2 Å². The Kier molecular flexibility index (Phi) is 5.13. The monoisotopic (exact) mass is 341 g/mol. The first kappa shape index (κ1) is 16.6. The zero-order valence-corrected chi connectivity index (χ0v) is 13.4. The van der Waals surface area contributed by atoms with Crippen LogP contribution < -0.4 is 5.32 Å². The molecule has 0 aliphatic heterocycles. The molecule has 0 radical (unpaired) electrons. The number of Topliss-reactive ketones (excluding diaryl/α,β-unsaturated/α-hetero) is 1. The molecule has 0 heterocycles. The standard InChI is InChI=1S/C12H11Cl4NO2/c1-12(2,3)17-11(19)10(18)5-4-6(13)8(15)9(16)7(5)14/h4H,1-3H3,(H,17,19). The van der Waals surface area contributed by atoms with Crippen LogP contribution in [0, 0.1) is 0 Å². The second-order valence-electron chi connectivity index (χ2n) is 4.88. The summed E-state index contributed by atoms with van der Waals surface area (Å²) in [6.07, 6.45) is 0. The van der Waals surface area contributed by atoms with Crippen molar-refractivity contribution in [2.75, 3.05) is 0 Å². The Morgan fingerprint density at radius 3 is 2.00 bits per heavy atom. The first-order chi connectivity index (χ1) is 8.54. The molecule has 0 saturated carbocycles. The lowest BCUT2D eigenvalue weighted by Gasteiger charge is -2.20. The van der Waals surface area contributed by atoms with Crippen molar-refractivity contribution in [2.45, 2.75) is 26.3 Å². The summed E-state index contributed by atoms with van der Waals surface area (Å²) in [4.78, 5) is 23.8. The van der Waals surface area contributed by atoms with Crippen LogP contribution in [0.4, 0.5) is 0 Å². The Morgan fingerprint density at radius 2 is 1.53 bits per heavy atom. The summed E-state index contributed by atoms with van der Waals surface area (Å²) in [7, 11) is 0. The number of halogens is 4. The van der Waals surface area contributed by atoms with Gasteiger partial charge in [-0.25, -0.2) is 0 Å². The normalized spacial score (nSPS) is 11.3. The number of amides is 1. The maximum absolute atomic E-state index is 12.0. The fourth-order valence-electron chi connectivity index (χ4n) is 1.26. The molecule has 7 heteroatoms. The van der Waals surface area contributed by atoms with E-state index in [0.29, 0.717) is 0 Å². The summed E-state index contributed by atoms with van der Waals surface area (Å²) in [5, 5.41) is 2.49. The maximum atomic E-state index is 12.0. The van der Waals surface area contributed by atoms with Gasteiger partial charge in [-0.05, 0) is 26.8 Å². The number of benzene rings is 1. The molecular formula is C12H11Cl4NO2. The highest BCUT2D eigenvalue weighted by Crippen LogP contribution is 2.38. The number of carbonyl (C=O) groups excluding carboxylic acids is 2. The van der Waals surface area contributed by atoms with Gasteiger partial charge in [0.05, 0.1) is 20.1 Å². The third kappa shape index (κ3) is 3.99. The molecule has 0 fully saturated rings. The van der Waals surface area contributed by atoms with Gasteiger partial charge in [0, 0.05) is 11.1 Å². The van der Waals surface area contributed by atoms with E-state index in [0.717, 1.165) is 0 Å². The fourth-order valence-corrected chi connectivity index (χ4v) is 2.15. The fraction of sp³-hybridized carbons (Fsp3) is 0.333. The zero-order valence-electron chi connectivity index (χ0n) is 10.4. The van der Waals surface area contributed by atoms with Crippen molar-refractivity contribution in [3.63, 3.8) is 0 Å². The van der Waals surface area contributed by atoms with Gasteiger partial charge in [0.1, 0.15) is 0 Å². The van der Waals surface area contributed by atoms with Crippen LogP contribution in [0.25, 0.3) is 0 Å². The topological polar surface area (TPSA) is 46.2 Å². The second kappa shape index (κ2) is 5.88. The molecule has 104 valence electrons. The van der Waals surface area contributed by atoms with E-state index in [2.05, 4.69) is 5.32 Å². The predicted octanol–water partition coefficient (Wildman–Crippen LogP) is 4.40. The van der Waals surface area contributed by atoms with E-state index in [1.165, 1.54) is 6.07 Å². The lowest BCUT2D eigenvalue weighted by atomic mass is 10.1. The van der Waals surface area contributed by atoms with Crippen LogP contribution >= 0.6 is 46.4 Å². The number of nitrogens with one attached hydrogen (secondary N) is 1. The van der Waals surface area contributed by atoms with Crippen LogP contribution in [0.5, 0.6) is 0 Å². The van der Waals surface area contributed by atoms with Crippen molar-refractivity contribution < 1.29 is 9.59 Å². The number of ketones is 1. The van der Waals surface area contributed by atoms with E-state index >= 15 is 0 Å². The van der Waals surface area contributed by atoms with E-state index in [1.54, 1.807) is 20.8 Å². The van der Waals surface area contributed by atoms with Gasteiger partial charge in [0.2, 0.25) is 0 Å². The molecule has 0 saturated heterocycles. The van der Waals surface area contributed by atoms with Crippen molar-refractivity contribution >= 4 is 58.1 Å². The Balaban J connectivity index is 3.18. The van der Waals surface area contributed by atoms with Crippen molar-refractivity contribution in [3.8, 4) is 0 Å². The Labute approximate surface area is 131 Å². The number of hydrogen-bond donors (Lipinski definition) is 1. The van der Waals surface area contributed by atoms with E-state index in [9.17, 15) is 9.59 Å². The Morgan fingerprint density at radius 1 is 1.00 bits per heavy atom. The van der Waals surface area contributed by atoms with Gasteiger partial charge in [0.15, 0.2) is 0 Å². The van der Waals surface area contributed by atoms with Gasteiger partial charge in [-0.2, -0.15) is 0 Å². The molecular weight excluding hydrogens is 332 g/mol. The van der Waals surface area contributed by atoms with Gasteiger partial charge in [-0.3, -0.25) is 9.59 Å². The van der Waals surface area contributed by atoms with Crippen molar-refractivity contribution in [2.24, 2.45) is 0 Å². The van der Waals surface area contributed by atoms with E-state index in [-0.39, 0.29) is 25.7 Å². The predicted molar refractivity (Wildman–Crippen MR) is 78.7 cm³/mol. The molecule has 0 unspecified atom stereocenters. The summed E-state index contributed by atoms with van der Waals surface area (Å²) in [6, 6.07) is 1.22. The van der Waals surface area contributed by atoms with Crippen LogP contribution in [0.2, 0.25) is 20.1 Å². The van der Waals surface area contributed by atoms with E-state index in [1.807, 2.05) is 0 Å². The van der Waals surface area contributed by atoms with Crippen LogP contribution in [0.1, 0.15) is 31.1 Å². The molecule has 19 heavy (non-hydrogen) atoms. The smallest absolute Gasteiger partial charge is 0.292 e. The van der Waals surface area contributed by atoms with E-state index in [4.69, 9.17) is 46.4 Å². The minimum atomic E-state index is -0.819. The molecule has 1 amide bonds. The van der Waals surface area contributed by atoms with Gasteiger partial charge in [-0.1, -0.05) is 46.4 Å². The minimum absolute atomic E-state index is 0.0427. The Hall–Kier alpha value is -0.480. The molecule has 1 aromatic rings. The molecule has 3 nitrogen and oxygen atoms in total. The van der Waals surface area contributed by atoms with E-state index < -0.39 is 17.2 Å². The summed E-state index contributed by atoms with van der Waals surface area (Å²) in [5.74, 6) is -1.61. The molecule has 0 aliphatic rings. The largest absolute Gasteiger partial charge is 0.345 e. The third-order valence-electron chi connectivity index (χ3n) is 2.04. The summed E-state index contributed by atoms with van der Waals surface area (Å²) in [5.41, 5.74) is -0.623. The molecule has 0 aromatic heterocycles. The molecule has 0 atom stereocenters. The second-order valence-corrected chi connectivity index (χ2v) is 6.42. The van der Waals surface area contributed by atoms with Crippen LogP contribution in [0.3, 0.4) is 0 Å². The van der Waals surface area contributed by atoms with Crippen molar-refractivity contribution in [3.05, 3.63) is 31.7 Å². The van der Waals surface area contributed by atoms with Crippen molar-refractivity contribution in [1.29, 1.82) is 0 Å². The average molecular weight is 343 g/mol. The Bertz CT molecular complexity index is 550. The highest BCUT2D eigenvalue weighted by molar-refractivity contribution is 6.55. The molecule has 0 aliphatic carbocycles. The lowest BCUT2D eigenvalue weighted by molar-refractivity contribution is -0.118. The first-order valence-electron chi connectivity index (χ1n) is 5.24. The number of carbonyl (C=O) groups is 2. The van der Waals surface area contributed by atoms with Crippen LogP contribution in [0.15, 0.2) is 6.07 Å². The third-order valence-corrected chi connectivity index (χ3v) is 3.79. The molecule has 0 bridgehead atoms. The first-order valence-corrected chi connectivity index (χ1v) is 6.75. The number of rotatable bonds is 2. The molecule has 1 aromatic carbocycles. The average Bonchev–Trinajstić information content (AvgIpc) is 2.28. The minimum Gasteiger partial charge on any atom is -0.345 e. The highest BCUT2D eigenvalue weighted by Gasteiger charge is 2.26. The van der Waals surface area contributed by atoms with Gasteiger partial charge in [-0.15, -0.1) is 0 Å². The van der Waals surface area contributed by atoms with Gasteiger partial charge < -0.3 is 5.32 Å². The molecule has 0 spiro atoms. The summed E-state index contributed by atoms with van der Waals surface area (Å²) < 4.78 is 0. The SMILES string of the molecule is CC(C)(C)NC(=O)C(=O)c1cc(Cl)c(Cl)c(Cl)c1Cl. The maximum Gasteiger partial charge on any atom is 0.292 e. The number of hydrogen-bond acceptors (Lipinski definition) is 2. The molecule has 1 rings (SSSR count). The highest BCUT2D eigenvalue weighted by atomic mass is 35.5. The van der Waals surface area contributed by atoms with Gasteiger partial charge in [0.25, 0.3) is 11.7 Å². The lowest BCUT2D eigenvalue weighted by Crippen LogP contribution is -2.44. The zero-order chi connectivity index (χ0) is 15.0. The van der Waals surface area contributed by atoms with Crippen LogP contribution in [-0.2, 0) is 4.79 Å². The van der Waals surface area contributed by atoms with Crippen molar-refractivity contribution in [1.82, 2.24) is 5.32 Å². The summed E-state index contributed by atoms with van der Waals surface area (Å²) in [6.45, 7) is 5.25. The summed E-state index contributed by atoms with van der Waals surface area (Å²) >= 11 is 23.3. The molecule has 1 N–H and O–H groups in total. The van der Waals surface area contributed by atoms with Gasteiger partial charge >= 0.3 is 0 Å². The quantitative estimate of drug-likeness (QED) is 0.375.